The summed E-state index contributed by atoms with van der Waals surface area (Å²) in [5.74, 6) is -0.620. The summed E-state index contributed by atoms with van der Waals surface area (Å²) in [6.07, 6.45) is 0. The van der Waals surface area contributed by atoms with Gasteiger partial charge < -0.3 is 31.1 Å². The van der Waals surface area contributed by atoms with Gasteiger partial charge in [0.1, 0.15) is 0 Å². The number of aromatic carboxylic acids is 1. The fourth-order valence-corrected chi connectivity index (χ4v) is 5.28. The van der Waals surface area contributed by atoms with Crippen molar-refractivity contribution < 1.29 is 29.0 Å². The molecule has 52 heavy (non-hydrogen) atoms. The van der Waals surface area contributed by atoms with Crippen LogP contribution >= 0.6 is 0 Å². The Labute approximate surface area is 307 Å². The summed E-state index contributed by atoms with van der Waals surface area (Å²) < 4.78 is 4.99. The first kappa shape index (κ1) is 40.8. The Balaban J connectivity index is 0.000000281. The molecule has 0 aliphatic heterocycles. The first-order valence-electron chi connectivity index (χ1n) is 17.4. The van der Waals surface area contributed by atoms with Crippen molar-refractivity contribution in [3.8, 4) is 0 Å². The maximum absolute atomic E-state index is 12.5. The molecule has 5 N–H and O–H groups in total. The summed E-state index contributed by atoms with van der Waals surface area (Å²) in [6, 6.07) is 28.5. The topological polar surface area (TPSA) is 146 Å². The van der Waals surface area contributed by atoms with Gasteiger partial charge in [-0.1, -0.05) is 88.4 Å². The van der Waals surface area contributed by atoms with Gasteiger partial charge in [-0.2, -0.15) is 0 Å². The summed E-state index contributed by atoms with van der Waals surface area (Å²) >= 11 is 0. The van der Waals surface area contributed by atoms with Crippen molar-refractivity contribution in [3.63, 3.8) is 0 Å². The van der Waals surface area contributed by atoms with Gasteiger partial charge in [0.2, 0.25) is 0 Å². The number of carboxylic acids is 1. The monoisotopic (exact) mass is 708 g/mol. The molecule has 4 aromatic carbocycles. The maximum Gasteiger partial charge on any atom is 0.338 e. The van der Waals surface area contributed by atoms with E-state index in [9.17, 15) is 19.2 Å². The van der Waals surface area contributed by atoms with E-state index in [1.165, 1.54) is 23.3 Å². The molecule has 0 saturated heterocycles. The Kier molecular flexibility index (Phi) is 14.1. The molecule has 0 saturated carbocycles. The van der Waals surface area contributed by atoms with Crippen LogP contribution in [0.15, 0.2) is 97.1 Å². The van der Waals surface area contributed by atoms with E-state index in [4.69, 9.17) is 9.84 Å². The molecule has 0 unspecified atom stereocenters. The molecule has 0 aliphatic rings. The number of rotatable bonds is 11. The molecule has 0 spiro atoms. The SMILES string of the molecule is CC(C)c1cccc(C(C)(C)NC(=O)Nc2cccc(C(=O)O)c2)c1.CCOC(=O)c1cccc(NC(=O)NC(C)(C)c2cccc(C(C)C)c2)c1. The maximum atomic E-state index is 12.5. The Morgan fingerprint density at radius 2 is 1.02 bits per heavy atom. The van der Waals surface area contributed by atoms with Crippen LogP contribution in [0, 0.1) is 0 Å². The lowest BCUT2D eigenvalue weighted by molar-refractivity contribution is 0.0525. The number of carbonyl (C=O) groups excluding carboxylic acids is 3. The van der Waals surface area contributed by atoms with Crippen molar-refractivity contribution in [2.45, 2.75) is 85.2 Å². The molecule has 10 heteroatoms. The van der Waals surface area contributed by atoms with Crippen LogP contribution in [0.5, 0.6) is 0 Å². The van der Waals surface area contributed by atoms with Crippen LogP contribution in [-0.4, -0.2) is 35.7 Å². The number of ether oxygens (including phenoxy) is 1. The first-order chi connectivity index (χ1) is 24.4. The van der Waals surface area contributed by atoms with Crippen LogP contribution in [0.4, 0.5) is 21.0 Å². The Morgan fingerprint density at radius 1 is 0.615 bits per heavy atom. The summed E-state index contributed by atoms with van der Waals surface area (Å²) in [7, 11) is 0. The largest absolute Gasteiger partial charge is 0.478 e. The van der Waals surface area contributed by atoms with Crippen molar-refractivity contribution in [2.75, 3.05) is 17.2 Å². The number of esters is 1. The smallest absolute Gasteiger partial charge is 0.338 e. The first-order valence-corrected chi connectivity index (χ1v) is 17.4. The number of hydrogen-bond donors (Lipinski definition) is 5. The average molecular weight is 709 g/mol. The third-order valence-electron chi connectivity index (χ3n) is 8.40. The van der Waals surface area contributed by atoms with Gasteiger partial charge in [0.05, 0.1) is 28.8 Å². The second kappa shape index (κ2) is 18.0. The lowest BCUT2D eigenvalue weighted by atomic mass is 9.90. The van der Waals surface area contributed by atoms with E-state index in [1.54, 1.807) is 43.3 Å². The summed E-state index contributed by atoms with van der Waals surface area (Å²) in [4.78, 5) is 47.7. The van der Waals surface area contributed by atoms with E-state index in [-0.39, 0.29) is 17.6 Å². The highest BCUT2D eigenvalue weighted by Gasteiger charge is 2.25. The van der Waals surface area contributed by atoms with E-state index in [1.807, 2.05) is 52.0 Å². The number of carbonyl (C=O) groups is 4. The minimum Gasteiger partial charge on any atom is -0.478 e. The fraction of sp³-hybridized carbons (Fsp3) is 0.333. The van der Waals surface area contributed by atoms with E-state index in [2.05, 4.69) is 73.2 Å². The average Bonchev–Trinajstić information content (AvgIpc) is 3.08. The summed E-state index contributed by atoms with van der Waals surface area (Å²) in [5.41, 5.74) is 4.85. The van der Waals surface area contributed by atoms with E-state index >= 15 is 0 Å². The van der Waals surface area contributed by atoms with Crippen molar-refractivity contribution >= 4 is 35.4 Å². The Morgan fingerprint density at radius 3 is 1.42 bits per heavy atom. The quantitative estimate of drug-likeness (QED) is 0.0981. The van der Waals surface area contributed by atoms with Crippen molar-refractivity contribution in [3.05, 3.63) is 130 Å². The molecule has 4 aromatic rings. The molecular formula is C42H52N4O6. The molecule has 0 bridgehead atoms. The molecule has 0 aromatic heterocycles. The zero-order valence-corrected chi connectivity index (χ0v) is 31.6. The van der Waals surface area contributed by atoms with Gasteiger partial charge in [-0.05, 0) is 105 Å². The fourth-order valence-electron chi connectivity index (χ4n) is 5.28. The van der Waals surface area contributed by atoms with Crippen LogP contribution in [0.1, 0.15) is 117 Å². The predicted octanol–water partition coefficient (Wildman–Crippen LogP) is 9.61. The second-order valence-electron chi connectivity index (χ2n) is 14.2. The molecule has 0 atom stereocenters. The molecular weight excluding hydrogens is 656 g/mol. The number of hydrogen-bond acceptors (Lipinski definition) is 5. The van der Waals surface area contributed by atoms with Crippen molar-refractivity contribution in [2.24, 2.45) is 0 Å². The Bertz CT molecular complexity index is 1860. The van der Waals surface area contributed by atoms with Gasteiger partial charge in [0.25, 0.3) is 0 Å². The highest BCUT2D eigenvalue weighted by atomic mass is 16.5. The number of urea groups is 2. The highest BCUT2D eigenvalue weighted by Crippen LogP contribution is 2.26. The van der Waals surface area contributed by atoms with Crippen LogP contribution in [0.2, 0.25) is 0 Å². The van der Waals surface area contributed by atoms with Crippen LogP contribution in [-0.2, 0) is 15.8 Å². The zero-order chi connectivity index (χ0) is 38.6. The van der Waals surface area contributed by atoms with Crippen molar-refractivity contribution in [1.29, 1.82) is 0 Å². The molecule has 4 rings (SSSR count). The highest BCUT2D eigenvalue weighted by molar-refractivity contribution is 5.94. The van der Waals surface area contributed by atoms with Gasteiger partial charge >= 0.3 is 24.0 Å². The third kappa shape index (κ3) is 12.0. The van der Waals surface area contributed by atoms with E-state index in [0.29, 0.717) is 35.4 Å². The molecule has 0 radical (unpaired) electrons. The lowest BCUT2D eigenvalue weighted by Crippen LogP contribution is -2.43. The van der Waals surface area contributed by atoms with Gasteiger partial charge in [-0.25, -0.2) is 19.2 Å². The molecule has 276 valence electrons. The lowest BCUT2D eigenvalue weighted by Gasteiger charge is -2.28. The molecule has 0 aliphatic carbocycles. The second-order valence-corrected chi connectivity index (χ2v) is 14.2. The van der Waals surface area contributed by atoms with Gasteiger partial charge in [0.15, 0.2) is 0 Å². The number of nitrogens with one attached hydrogen (secondary N) is 4. The van der Waals surface area contributed by atoms with Gasteiger partial charge in [0, 0.05) is 11.4 Å². The number of benzene rings is 4. The summed E-state index contributed by atoms with van der Waals surface area (Å²) in [5, 5.41) is 20.4. The normalized spacial score (nSPS) is 11.2. The predicted molar refractivity (Wildman–Crippen MR) is 207 cm³/mol. The van der Waals surface area contributed by atoms with Crippen LogP contribution in [0.25, 0.3) is 0 Å². The zero-order valence-electron chi connectivity index (χ0n) is 31.6. The van der Waals surface area contributed by atoms with Crippen LogP contribution < -0.4 is 21.3 Å². The van der Waals surface area contributed by atoms with Gasteiger partial charge in [-0.3, -0.25) is 0 Å². The van der Waals surface area contributed by atoms with Crippen LogP contribution in [0.3, 0.4) is 0 Å². The number of anilines is 2. The summed E-state index contributed by atoms with van der Waals surface area (Å²) in [6.45, 7) is 18.4. The number of carboxylic acid groups (broad SMARTS) is 1. The number of amides is 4. The van der Waals surface area contributed by atoms with E-state index < -0.39 is 23.0 Å². The minimum atomic E-state index is -1.03. The van der Waals surface area contributed by atoms with Gasteiger partial charge in [-0.15, -0.1) is 0 Å². The standard InChI is InChI=1S/C22H28N2O3.C20H24N2O3/c1-6-27-20(25)17-10-8-12-19(14-17)23-21(26)24-22(4,5)18-11-7-9-16(13-18)15(2)3;1-13(2)14-7-5-9-16(11-14)20(3,4)22-19(25)21-17-10-6-8-15(12-17)18(23)24/h7-15H,6H2,1-5H3,(H2,23,24,26);5-13H,1-4H3,(H,23,24)(H2,21,22,25). The molecule has 0 fully saturated rings. The van der Waals surface area contributed by atoms with Crippen molar-refractivity contribution in [1.82, 2.24) is 10.6 Å². The minimum absolute atomic E-state index is 0.127. The van der Waals surface area contributed by atoms with E-state index in [0.717, 1.165) is 11.1 Å². The molecule has 10 nitrogen and oxygen atoms in total. The third-order valence-corrected chi connectivity index (χ3v) is 8.40. The molecule has 0 heterocycles. The Hall–Kier alpha value is -5.64. The molecule has 4 amide bonds.